The normalized spacial score (nSPS) is 15.9. The summed E-state index contributed by atoms with van der Waals surface area (Å²) < 4.78 is 11.1. The highest BCUT2D eigenvalue weighted by atomic mass is 79.9. The van der Waals surface area contributed by atoms with E-state index in [1.165, 1.54) is 0 Å². The molecule has 1 amide bonds. The third kappa shape index (κ3) is 4.68. The van der Waals surface area contributed by atoms with Crippen molar-refractivity contribution >= 4 is 33.5 Å². The van der Waals surface area contributed by atoms with Crippen LogP contribution >= 0.6 is 15.9 Å². The third-order valence-electron chi connectivity index (χ3n) is 3.52. The lowest BCUT2D eigenvalue weighted by Crippen LogP contribution is -2.41. The summed E-state index contributed by atoms with van der Waals surface area (Å²) >= 11 is 3.39. The molecule has 0 unspecified atom stereocenters. The molecular formula is C16H21BrN2O4. The number of halogens is 1. The summed E-state index contributed by atoms with van der Waals surface area (Å²) in [6.45, 7) is 6.02. The summed E-state index contributed by atoms with van der Waals surface area (Å²) in [4.78, 5) is 26.3. The first kappa shape index (κ1) is 17.7. The Labute approximate surface area is 144 Å². The fourth-order valence-electron chi connectivity index (χ4n) is 2.32. The van der Waals surface area contributed by atoms with Crippen molar-refractivity contribution in [1.29, 1.82) is 0 Å². The van der Waals surface area contributed by atoms with E-state index in [1.54, 1.807) is 30.9 Å². The summed E-state index contributed by atoms with van der Waals surface area (Å²) in [6, 6.07) is 4.84. The molecule has 0 spiro atoms. The number of nitrogens with one attached hydrogen (secondary N) is 1. The Morgan fingerprint density at radius 2 is 2.09 bits per heavy atom. The molecule has 1 heterocycles. The van der Waals surface area contributed by atoms with Gasteiger partial charge in [0.25, 0.3) is 5.91 Å². The lowest BCUT2D eigenvalue weighted by Gasteiger charge is -2.28. The predicted molar refractivity (Wildman–Crippen MR) is 90.6 cm³/mol. The Morgan fingerprint density at radius 1 is 1.39 bits per heavy atom. The van der Waals surface area contributed by atoms with Crippen molar-refractivity contribution < 1.29 is 19.1 Å². The molecule has 23 heavy (non-hydrogen) atoms. The second-order valence-electron chi connectivity index (χ2n) is 5.21. The van der Waals surface area contributed by atoms with Crippen molar-refractivity contribution in [2.45, 2.75) is 19.9 Å². The summed E-state index contributed by atoms with van der Waals surface area (Å²) in [5.74, 6) is -0.423. The van der Waals surface area contributed by atoms with Gasteiger partial charge in [-0.15, -0.1) is 0 Å². The number of benzene rings is 1. The summed E-state index contributed by atoms with van der Waals surface area (Å²) in [7, 11) is 0. The quantitative estimate of drug-likeness (QED) is 0.788. The van der Waals surface area contributed by atoms with Crippen molar-refractivity contribution in [3.8, 4) is 0 Å². The van der Waals surface area contributed by atoms with Crippen LogP contribution in [-0.4, -0.2) is 55.7 Å². The average Bonchev–Trinajstić information content (AvgIpc) is 2.56. The highest BCUT2D eigenvalue weighted by molar-refractivity contribution is 9.10. The highest BCUT2D eigenvalue weighted by Crippen LogP contribution is 2.24. The maximum atomic E-state index is 12.7. The van der Waals surface area contributed by atoms with Gasteiger partial charge in [-0.1, -0.05) is 15.9 Å². The Hall–Kier alpha value is -1.60. The smallest absolute Gasteiger partial charge is 0.328 e. The number of carbonyl (C=O) groups excluding carboxylic acids is 2. The van der Waals surface area contributed by atoms with Gasteiger partial charge in [-0.05, 0) is 32.0 Å². The molecule has 1 fully saturated rings. The molecule has 0 aliphatic carbocycles. The lowest BCUT2D eigenvalue weighted by atomic mass is 10.1. The topological polar surface area (TPSA) is 67.9 Å². The van der Waals surface area contributed by atoms with Crippen molar-refractivity contribution in [3.05, 3.63) is 28.2 Å². The van der Waals surface area contributed by atoms with Crippen LogP contribution in [0.5, 0.6) is 0 Å². The SMILES string of the molecule is CCOC(=O)[C@H](C)Nc1ccc(Br)cc1C(=O)N1CCOCC1. The molecule has 1 aromatic rings. The van der Waals surface area contributed by atoms with Crippen LogP contribution < -0.4 is 5.32 Å². The second kappa shape index (κ2) is 8.31. The Kier molecular flexibility index (Phi) is 6.41. The zero-order chi connectivity index (χ0) is 16.8. The number of esters is 1. The second-order valence-corrected chi connectivity index (χ2v) is 6.13. The molecule has 2 rings (SSSR count). The van der Waals surface area contributed by atoms with Crippen LogP contribution in [0.1, 0.15) is 24.2 Å². The molecule has 1 atom stereocenters. The van der Waals surface area contributed by atoms with Crippen LogP contribution in [0.15, 0.2) is 22.7 Å². The zero-order valence-corrected chi connectivity index (χ0v) is 14.9. The number of rotatable bonds is 5. The first-order chi connectivity index (χ1) is 11.0. The molecule has 1 aliphatic rings. The van der Waals surface area contributed by atoms with Crippen molar-refractivity contribution in [1.82, 2.24) is 4.90 Å². The molecule has 7 heteroatoms. The molecule has 1 aliphatic heterocycles. The molecule has 1 N–H and O–H groups in total. The zero-order valence-electron chi connectivity index (χ0n) is 13.3. The van der Waals surface area contributed by atoms with E-state index in [0.717, 1.165) is 4.47 Å². The number of amides is 1. The maximum Gasteiger partial charge on any atom is 0.328 e. The predicted octanol–water partition coefficient (Wildman–Crippen LogP) is 2.29. The average molecular weight is 385 g/mol. The number of nitrogens with zero attached hydrogens (tertiary/aromatic N) is 1. The van der Waals surface area contributed by atoms with E-state index in [1.807, 2.05) is 6.07 Å². The number of anilines is 1. The van der Waals surface area contributed by atoms with Crippen LogP contribution in [0, 0.1) is 0 Å². The minimum absolute atomic E-state index is 0.0758. The number of morpholine rings is 1. The van der Waals surface area contributed by atoms with Gasteiger partial charge in [-0.2, -0.15) is 0 Å². The fourth-order valence-corrected chi connectivity index (χ4v) is 2.68. The first-order valence-corrected chi connectivity index (χ1v) is 8.42. The van der Waals surface area contributed by atoms with E-state index in [-0.39, 0.29) is 11.9 Å². The van der Waals surface area contributed by atoms with Crippen molar-refractivity contribution in [2.75, 3.05) is 38.2 Å². The fraction of sp³-hybridized carbons (Fsp3) is 0.500. The number of hydrogen-bond donors (Lipinski definition) is 1. The molecule has 0 bridgehead atoms. The van der Waals surface area contributed by atoms with Crippen LogP contribution in [0.2, 0.25) is 0 Å². The van der Waals surface area contributed by atoms with E-state index < -0.39 is 6.04 Å². The third-order valence-corrected chi connectivity index (χ3v) is 4.02. The maximum absolute atomic E-state index is 12.7. The number of ether oxygens (including phenoxy) is 2. The summed E-state index contributed by atoms with van der Waals surface area (Å²) in [5, 5.41) is 3.07. The van der Waals surface area contributed by atoms with Gasteiger partial charge < -0.3 is 19.7 Å². The van der Waals surface area contributed by atoms with E-state index in [9.17, 15) is 9.59 Å². The van der Waals surface area contributed by atoms with Gasteiger partial charge in [0.1, 0.15) is 6.04 Å². The molecule has 1 aromatic carbocycles. The first-order valence-electron chi connectivity index (χ1n) is 7.62. The summed E-state index contributed by atoms with van der Waals surface area (Å²) in [6.07, 6.45) is 0. The monoisotopic (exact) mass is 384 g/mol. The van der Waals surface area contributed by atoms with Crippen molar-refractivity contribution in [2.24, 2.45) is 0 Å². The van der Waals surface area contributed by atoms with Crippen LogP contribution in [0.3, 0.4) is 0 Å². The Bertz CT molecular complexity index is 573. The minimum Gasteiger partial charge on any atom is -0.464 e. The van der Waals surface area contributed by atoms with E-state index in [4.69, 9.17) is 9.47 Å². The van der Waals surface area contributed by atoms with Gasteiger partial charge in [-0.3, -0.25) is 4.79 Å². The highest BCUT2D eigenvalue weighted by Gasteiger charge is 2.23. The Morgan fingerprint density at radius 3 is 2.74 bits per heavy atom. The minimum atomic E-state index is -0.535. The molecular weight excluding hydrogens is 364 g/mol. The largest absolute Gasteiger partial charge is 0.464 e. The summed E-state index contributed by atoms with van der Waals surface area (Å²) in [5.41, 5.74) is 1.14. The molecule has 1 saturated heterocycles. The molecule has 0 aromatic heterocycles. The van der Waals surface area contributed by atoms with Crippen LogP contribution in [0.25, 0.3) is 0 Å². The molecule has 0 radical (unpaired) electrons. The van der Waals surface area contributed by atoms with Gasteiger partial charge in [-0.25, -0.2) is 4.79 Å². The van der Waals surface area contributed by atoms with Gasteiger partial charge >= 0.3 is 5.97 Å². The van der Waals surface area contributed by atoms with Gasteiger partial charge in [0.15, 0.2) is 0 Å². The van der Waals surface area contributed by atoms with Crippen LogP contribution in [-0.2, 0) is 14.3 Å². The standard InChI is InChI=1S/C16H21BrN2O4/c1-3-23-16(21)11(2)18-14-5-4-12(17)10-13(14)15(20)19-6-8-22-9-7-19/h4-5,10-11,18H,3,6-9H2,1-2H3/t11-/m0/s1. The van der Waals surface area contributed by atoms with Crippen molar-refractivity contribution in [3.63, 3.8) is 0 Å². The van der Waals surface area contributed by atoms with E-state index in [2.05, 4.69) is 21.2 Å². The van der Waals surface area contributed by atoms with Gasteiger partial charge in [0, 0.05) is 23.2 Å². The molecule has 6 nitrogen and oxygen atoms in total. The molecule has 126 valence electrons. The van der Waals surface area contributed by atoms with E-state index in [0.29, 0.717) is 44.2 Å². The molecule has 0 saturated carbocycles. The number of hydrogen-bond acceptors (Lipinski definition) is 5. The Balaban J connectivity index is 2.19. The van der Waals surface area contributed by atoms with Gasteiger partial charge in [0.05, 0.1) is 25.4 Å². The lowest BCUT2D eigenvalue weighted by molar-refractivity contribution is -0.143. The van der Waals surface area contributed by atoms with E-state index >= 15 is 0 Å². The van der Waals surface area contributed by atoms with Crippen LogP contribution in [0.4, 0.5) is 5.69 Å². The number of carbonyl (C=O) groups is 2. The van der Waals surface area contributed by atoms with Gasteiger partial charge in [0.2, 0.25) is 0 Å².